The molecule has 0 radical (unpaired) electrons. The Bertz CT molecular complexity index is 213. The third-order valence-electron chi connectivity index (χ3n) is 0.965. The molecular formula is C4H8ClN5O. The van der Waals surface area contributed by atoms with E-state index in [1.165, 1.54) is 0 Å². The van der Waals surface area contributed by atoms with Gasteiger partial charge < -0.3 is 0 Å². The summed E-state index contributed by atoms with van der Waals surface area (Å²) in [5, 5.41) is 10.5. The Kier molecular flexibility index (Phi) is 3.32. The quantitative estimate of drug-likeness (QED) is 0.380. The third-order valence-corrected chi connectivity index (χ3v) is 0.965. The Morgan fingerprint density at radius 1 is 1.45 bits per heavy atom. The highest BCUT2D eigenvalue weighted by atomic mass is 35.5. The molecule has 7 heteroatoms. The third kappa shape index (κ3) is 2.42. The van der Waals surface area contributed by atoms with Crippen molar-refractivity contribution >= 4 is 30.0 Å². The molecule has 0 fully saturated rings. The minimum atomic E-state index is -0.338. The maximum atomic E-state index is 10.7. The maximum absolute atomic E-state index is 10.7. The van der Waals surface area contributed by atoms with Crippen molar-refractivity contribution in [2.24, 2.45) is 5.10 Å². The van der Waals surface area contributed by atoms with Gasteiger partial charge in [-0.15, -0.1) is 12.4 Å². The van der Waals surface area contributed by atoms with Crippen LogP contribution in [-0.2, 0) is 4.79 Å². The van der Waals surface area contributed by atoms with E-state index in [2.05, 4.69) is 21.4 Å². The van der Waals surface area contributed by atoms with E-state index < -0.39 is 0 Å². The summed E-state index contributed by atoms with van der Waals surface area (Å²) in [5.41, 5.74) is 7.11. The standard InChI is InChI=1S/C4H7N5O.ClH/c1-2-3(10)7-9-4(5)8-6-2;/h1H3,(H,7,10)(H3,5,8,9);1H. The largest absolute Gasteiger partial charge is 0.285 e. The number of hydrazone groups is 1. The van der Waals surface area contributed by atoms with Crippen molar-refractivity contribution in [3.8, 4) is 0 Å². The SMILES string of the molecule is CC1=NNC(=N)NNC1=O.Cl. The zero-order valence-corrected chi connectivity index (χ0v) is 6.58. The number of amides is 1. The van der Waals surface area contributed by atoms with Crippen molar-refractivity contribution in [2.45, 2.75) is 6.92 Å². The molecule has 1 heterocycles. The van der Waals surface area contributed by atoms with Crippen molar-refractivity contribution < 1.29 is 4.79 Å². The van der Waals surface area contributed by atoms with Crippen LogP contribution in [-0.4, -0.2) is 17.6 Å². The van der Waals surface area contributed by atoms with Crippen LogP contribution in [0.2, 0.25) is 0 Å². The molecule has 1 aliphatic rings. The fourth-order valence-corrected chi connectivity index (χ4v) is 0.428. The first-order chi connectivity index (χ1) is 4.70. The monoisotopic (exact) mass is 177 g/mol. The normalized spacial score (nSPS) is 16.3. The second-order valence-electron chi connectivity index (χ2n) is 1.76. The van der Waals surface area contributed by atoms with Gasteiger partial charge in [0.05, 0.1) is 0 Å². The zero-order valence-electron chi connectivity index (χ0n) is 5.76. The molecule has 0 saturated heterocycles. The van der Waals surface area contributed by atoms with Gasteiger partial charge in [0.1, 0.15) is 5.71 Å². The molecule has 6 nitrogen and oxygen atoms in total. The number of nitrogens with zero attached hydrogens (tertiary/aromatic N) is 1. The number of guanidine groups is 1. The summed E-state index contributed by atoms with van der Waals surface area (Å²) in [6.45, 7) is 1.54. The van der Waals surface area contributed by atoms with Crippen LogP contribution in [0.15, 0.2) is 5.10 Å². The topological polar surface area (TPSA) is 89.4 Å². The highest BCUT2D eigenvalue weighted by Gasteiger charge is 2.09. The van der Waals surface area contributed by atoms with Gasteiger partial charge in [-0.2, -0.15) is 5.10 Å². The number of hydrazine groups is 1. The molecule has 62 valence electrons. The fraction of sp³-hybridized carbons (Fsp3) is 0.250. The summed E-state index contributed by atoms with van der Waals surface area (Å²) in [7, 11) is 0. The Morgan fingerprint density at radius 3 is 2.73 bits per heavy atom. The average Bonchev–Trinajstić information content (AvgIpc) is 2.04. The van der Waals surface area contributed by atoms with Crippen LogP contribution in [0.5, 0.6) is 0 Å². The van der Waals surface area contributed by atoms with E-state index in [0.717, 1.165) is 0 Å². The number of nitrogens with one attached hydrogen (secondary N) is 4. The Hall–Kier alpha value is -1.30. The van der Waals surface area contributed by atoms with E-state index in [1.54, 1.807) is 6.92 Å². The molecule has 0 aromatic rings. The van der Waals surface area contributed by atoms with Gasteiger partial charge in [0.2, 0.25) is 5.96 Å². The molecule has 0 unspecified atom stereocenters. The Labute approximate surface area is 69.3 Å². The number of hydrogen-bond donors (Lipinski definition) is 4. The van der Waals surface area contributed by atoms with Crippen molar-refractivity contribution in [2.75, 3.05) is 0 Å². The first-order valence-corrected chi connectivity index (χ1v) is 2.65. The highest BCUT2D eigenvalue weighted by molar-refractivity contribution is 6.38. The molecule has 0 bridgehead atoms. The summed E-state index contributed by atoms with van der Waals surface area (Å²) in [6, 6.07) is 0. The average molecular weight is 178 g/mol. The van der Waals surface area contributed by atoms with Gasteiger partial charge in [-0.05, 0) is 6.92 Å². The van der Waals surface area contributed by atoms with Crippen LogP contribution in [0, 0.1) is 5.41 Å². The summed E-state index contributed by atoms with van der Waals surface area (Å²) < 4.78 is 0. The zero-order chi connectivity index (χ0) is 7.56. The minimum Gasteiger partial charge on any atom is -0.266 e. The van der Waals surface area contributed by atoms with Gasteiger partial charge >= 0.3 is 0 Å². The van der Waals surface area contributed by atoms with Crippen molar-refractivity contribution in [3.05, 3.63) is 0 Å². The van der Waals surface area contributed by atoms with E-state index in [9.17, 15) is 4.79 Å². The molecule has 1 rings (SSSR count). The van der Waals surface area contributed by atoms with Crippen LogP contribution in [0.1, 0.15) is 6.92 Å². The number of carbonyl (C=O) groups is 1. The van der Waals surface area contributed by atoms with Gasteiger partial charge in [0.25, 0.3) is 5.91 Å². The minimum absolute atomic E-state index is 0. The van der Waals surface area contributed by atoms with Crippen molar-refractivity contribution in [1.29, 1.82) is 5.41 Å². The molecular weight excluding hydrogens is 170 g/mol. The molecule has 0 aromatic carbocycles. The lowest BCUT2D eigenvalue weighted by Gasteiger charge is -2.00. The fourth-order valence-electron chi connectivity index (χ4n) is 0.428. The van der Waals surface area contributed by atoms with Gasteiger partial charge in [0.15, 0.2) is 0 Å². The van der Waals surface area contributed by atoms with Crippen LogP contribution >= 0.6 is 12.4 Å². The number of halogens is 1. The summed E-state index contributed by atoms with van der Waals surface area (Å²) in [4.78, 5) is 10.7. The molecule has 4 N–H and O–H groups in total. The lowest BCUT2D eigenvalue weighted by molar-refractivity contribution is -0.115. The molecule has 1 amide bonds. The molecule has 0 spiro atoms. The van der Waals surface area contributed by atoms with Gasteiger partial charge in [-0.3, -0.25) is 21.1 Å². The number of carbonyl (C=O) groups excluding carboxylic acids is 1. The number of rotatable bonds is 0. The van der Waals surface area contributed by atoms with Gasteiger partial charge in [-0.1, -0.05) is 0 Å². The van der Waals surface area contributed by atoms with Gasteiger partial charge in [-0.25, -0.2) is 5.43 Å². The maximum Gasteiger partial charge on any atom is 0.285 e. The summed E-state index contributed by atoms with van der Waals surface area (Å²) in [5.74, 6) is -0.389. The second kappa shape index (κ2) is 3.77. The smallest absolute Gasteiger partial charge is 0.266 e. The molecule has 1 aliphatic heterocycles. The summed E-state index contributed by atoms with van der Waals surface area (Å²) in [6.07, 6.45) is 0. The lowest BCUT2D eigenvalue weighted by Crippen LogP contribution is -2.44. The van der Waals surface area contributed by atoms with Crippen LogP contribution in [0.3, 0.4) is 0 Å². The molecule has 0 aliphatic carbocycles. The van der Waals surface area contributed by atoms with E-state index in [4.69, 9.17) is 5.41 Å². The lowest BCUT2D eigenvalue weighted by atomic mass is 10.4. The Morgan fingerprint density at radius 2 is 2.09 bits per heavy atom. The first-order valence-electron chi connectivity index (χ1n) is 2.65. The van der Waals surface area contributed by atoms with Gasteiger partial charge in [0, 0.05) is 0 Å². The van der Waals surface area contributed by atoms with E-state index >= 15 is 0 Å². The molecule has 0 atom stereocenters. The molecule has 11 heavy (non-hydrogen) atoms. The van der Waals surface area contributed by atoms with Crippen LogP contribution < -0.4 is 16.3 Å². The van der Waals surface area contributed by atoms with Crippen molar-refractivity contribution in [1.82, 2.24) is 16.3 Å². The van der Waals surface area contributed by atoms with E-state index in [-0.39, 0.29) is 30.0 Å². The Balaban J connectivity index is 0.000001000. The van der Waals surface area contributed by atoms with Crippen molar-refractivity contribution in [3.63, 3.8) is 0 Å². The summed E-state index contributed by atoms with van der Waals surface area (Å²) >= 11 is 0. The first kappa shape index (κ1) is 9.70. The second-order valence-corrected chi connectivity index (χ2v) is 1.76. The number of hydrogen-bond acceptors (Lipinski definition) is 3. The molecule has 0 aromatic heterocycles. The van der Waals surface area contributed by atoms with E-state index in [0.29, 0.717) is 0 Å². The predicted molar refractivity (Wildman–Crippen MR) is 42.5 cm³/mol. The predicted octanol–water partition coefficient (Wildman–Crippen LogP) is -1.06. The molecule has 0 saturated carbocycles. The van der Waals surface area contributed by atoms with E-state index in [1.807, 2.05) is 0 Å². The highest BCUT2D eigenvalue weighted by Crippen LogP contribution is 1.77. The van der Waals surface area contributed by atoms with Crippen LogP contribution in [0.4, 0.5) is 0 Å². The van der Waals surface area contributed by atoms with Crippen LogP contribution in [0.25, 0.3) is 0 Å².